The number of aromatic nitrogens is 2. The molecule has 0 aliphatic carbocycles. The van der Waals surface area contributed by atoms with E-state index in [1.165, 1.54) is 18.3 Å². The summed E-state index contributed by atoms with van der Waals surface area (Å²) in [5, 5.41) is 8.68. The molecule has 0 aliphatic heterocycles. The van der Waals surface area contributed by atoms with E-state index in [0.717, 1.165) is 5.56 Å². The SMILES string of the molecule is O=C(NN=Cc1cccc(F)c1)c1ccn(Cc2ccc(Cl)cc2)n1. The van der Waals surface area contributed by atoms with Crippen LogP contribution in [-0.2, 0) is 6.54 Å². The number of amides is 1. The molecule has 2 aromatic carbocycles. The number of hydrazone groups is 1. The van der Waals surface area contributed by atoms with Gasteiger partial charge in [-0.15, -0.1) is 0 Å². The van der Waals surface area contributed by atoms with Gasteiger partial charge in [0.05, 0.1) is 12.8 Å². The van der Waals surface area contributed by atoms with Crippen molar-refractivity contribution in [2.45, 2.75) is 6.54 Å². The van der Waals surface area contributed by atoms with E-state index in [1.54, 1.807) is 41.2 Å². The molecule has 25 heavy (non-hydrogen) atoms. The van der Waals surface area contributed by atoms with Gasteiger partial charge in [0, 0.05) is 11.2 Å². The van der Waals surface area contributed by atoms with Gasteiger partial charge in [0.15, 0.2) is 5.69 Å². The third-order valence-corrected chi connectivity index (χ3v) is 3.61. The second kappa shape index (κ2) is 7.72. The predicted octanol–water partition coefficient (Wildman–Crippen LogP) is 3.49. The van der Waals surface area contributed by atoms with Crippen LogP contribution in [0.4, 0.5) is 4.39 Å². The van der Waals surface area contributed by atoms with E-state index in [2.05, 4.69) is 15.6 Å². The lowest BCUT2D eigenvalue weighted by Gasteiger charge is -2.02. The Bertz CT molecular complexity index is 905. The Morgan fingerprint density at radius 2 is 2.04 bits per heavy atom. The van der Waals surface area contributed by atoms with Gasteiger partial charge in [-0.05, 0) is 41.5 Å². The number of hydrogen-bond acceptors (Lipinski definition) is 3. The number of nitrogens with zero attached hydrogens (tertiary/aromatic N) is 3. The number of carbonyl (C=O) groups is 1. The third kappa shape index (κ3) is 4.74. The Labute approximate surface area is 148 Å². The Balaban J connectivity index is 1.59. The molecule has 3 aromatic rings. The maximum absolute atomic E-state index is 13.1. The molecule has 0 radical (unpaired) electrons. The summed E-state index contributed by atoms with van der Waals surface area (Å²) in [6.07, 6.45) is 3.07. The number of hydrogen-bond donors (Lipinski definition) is 1. The molecule has 126 valence electrons. The number of benzene rings is 2. The zero-order valence-corrected chi connectivity index (χ0v) is 13.8. The van der Waals surface area contributed by atoms with Crippen molar-refractivity contribution < 1.29 is 9.18 Å². The quantitative estimate of drug-likeness (QED) is 0.562. The van der Waals surface area contributed by atoms with Gasteiger partial charge in [0.2, 0.25) is 0 Å². The first-order chi connectivity index (χ1) is 12.1. The highest BCUT2D eigenvalue weighted by molar-refractivity contribution is 6.30. The van der Waals surface area contributed by atoms with Gasteiger partial charge in [0.25, 0.3) is 5.91 Å². The lowest BCUT2D eigenvalue weighted by atomic mass is 10.2. The van der Waals surface area contributed by atoms with E-state index in [1.807, 2.05) is 12.1 Å². The standard InChI is InChI=1S/C18H14ClFN4O/c19-15-6-4-13(5-7-15)12-24-9-8-17(23-24)18(25)22-21-11-14-2-1-3-16(20)10-14/h1-11H,12H2,(H,22,25). The fourth-order valence-electron chi connectivity index (χ4n) is 2.16. The van der Waals surface area contributed by atoms with E-state index >= 15 is 0 Å². The van der Waals surface area contributed by atoms with Crippen LogP contribution in [0.1, 0.15) is 21.6 Å². The molecule has 1 aromatic heterocycles. The van der Waals surface area contributed by atoms with Crippen molar-refractivity contribution in [3.8, 4) is 0 Å². The van der Waals surface area contributed by atoms with Crippen LogP contribution in [-0.4, -0.2) is 21.9 Å². The fraction of sp³-hybridized carbons (Fsp3) is 0.0556. The molecule has 0 saturated carbocycles. The Hall–Kier alpha value is -2.99. The minimum absolute atomic E-state index is 0.241. The zero-order valence-electron chi connectivity index (χ0n) is 13.1. The van der Waals surface area contributed by atoms with Crippen LogP contribution in [0.3, 0.4) is 0 Å². The Morgan fingerprint density at radius 1 is 1.24 bits per heavy atom. The van der Waals surface area contributed by atoms with Gasteiger partial charge in [0.1, 0.15) is 5.82 Å². The molecule has 0 spiro atoms. The molecular formula is C18H14ClFN4O. The van der Waals surface area contributed by atoms with Gasteiger partial charge < -0.3 is 0 Å². The smallest absolute Gasteiger partial charge is 0.268 e. The van der Waals surface area contributed by atoms with Gasteiger partial charge in [-0.1, -0.05) is 35.9 Å². The molecule has 5 nitrogen and oxygen atoms in total. The van der Waals surface area contributed by atoms with Crippen molar-refractivity contribution in [3.63, 3.8) is 0 Å². The third-order valence-electron chi connectivity index (χ3n) is 3.36. The van der Waals surface area contributed by atoms with E-state index in [9.17, 15) is 9.18 Å². The van der Waals surface area contributed by atoms with Crippen molar-refractivity contribution in [2.24, 2.45) is 5.10 Å². The van der Waals surface area contributed by atoms with E-state index in [4.69, 9.17) is 11.6 Å². The van der Waals surface area contributed by atoms with Crippen molar-refractivity contribution in [2.75, 3.05) is 0 Å². The van der Waals surface area contributed by atoms with Gasteiger partial charge in [-0.3, -0.25) is 9.48 Å². The molecular weight excluding hydrogens is 343 g/mol. The molecule has 0 aliphatic rings. The summed E-state index contributed by atoms with van der Waals surface area (Å²) < 4.78 is 14.7. The highest BCUT2D eigenvalue weighted by Crippen LogP contribution is 2.10. The first-order valence-corrected chi connectivity index (χ1v) is 7.85. The molecule has 7 heteroatoms. The summed E-state index contributed by atoms with van der Waals surface area (Å²) in [6, 6.07) is 14.9. The van der Waals surface area contributed by atoms with Gasteiger partial charge >= 0.3 is 0 Å². The van der Waals surface area contributed by atoms with Crippen LogP contribution < -0.4 is 5.43 Å². The topological polar surface area (TPSA) is 59.3 Å². The van der Waals surface area contributed by atoms with Gasteiger partial charge in [-0.2, -0.15) is 10.2 Å². The van der Waals surface area contributed by atoms with E-state index < -0.39 is 5.91 Å². The summed E-state index contributed by atoms with van der Waals surface area (Å²) in [6.45, 7) is 0.525. The lowest BCUT2D eigenvalue weighted by molar-refractivity contribution is 0.0949. The average molecular weight is 357 g/mol. The first-order valence-electron chi connectivity index (χ1n) is 7.47. The van der Waals surface area contributed by atoms with Crippen molar-refractivity contribution >= 4 is 23.7 Å². The monoisotopic (exact) mass is 356 g/mol. The van der Waals surface area contributed by atoms with Crippen molar-refractivity contribution in [3.05, 3.63) is 88.5 Å². The maximum atomic E-state index is 13.1. The van der Waals surface area contributed by atoms with Crippen LogP contribution in [0.2, 0.25) is 5.02 Å². The molecule has 0 fully saturated rings. The summed E-state index contributed by atoms with van der Waals surface area (Å²) >= 11 is 5.85. The Morgan fingerprint density at radius 3 is 2.80 bits per heavy atom. The second-order valence-electron chi connectivity index (χ2n) is 5.28. The summed E-state index contributed by atoms with van der Waals surface area (Å²) in [5.74, 6) is -0.807. The van der Waals surface area contributed by atoms with Crippen LogP contribution in [0.15, 0.2) is 65.9 Å². The number of carbonyl (C=O) groups excluding carboxylic acids is 1. The van der Waals surface area contributed by atoms with Crippen LogP contribution in [0.25, 0.3) is 0 Å². The molecule has 1 amide bonds. The number of halogens is 2. The number of nitrogens with one attached hydrogen (secondary N) is 1. The normalized spacial score (nSPS) is 11.0. The summed E-state index contributed by atoms with van der Waals surface area (Å²) in [7, 11) is 0. The molecule has 0 unspecified atom stereocenters. The summed E-state index contributed by atoms with van der Waals surface area (Å²) in [5.41, 5.74) is 4.17. The van der Waals surface area contributed by atoms with Crippen LogP contribution in [0, 0.1) is 5.82 Å². The van der Waals surface area contributed by atoms with Gasteiger partial charge in [-0.25, -0.2) is 9.82 Å². The fourth-order valence-corrected chi connectivity index (χ4v) is 2.28. The minimum atomic E-state index is -0.442. The second-order valence-corrected chi connectivity index (χ2v) is 5.72. The zero-order chi connectivity index (χ0) is 17.6. The minimum Gasteiger partial charge on any atom is -0.268 e. The molecule has 0 atom stereocenters. The summed E-state index contributed by atoms with van der Waals surface area (Å²) in [4.78, 5) is 12.0. The van der Waals surface area contributed by atoms with E-state index in [0.29, 0.717) is 17.1 Å². The molecule has 0 bridgehead atoms. The predicted molar refractivity (Wildman–Crippen MR) is 94.2 cm³/mol. The van der Waals surface area contributed by atoms with E-state index in [-0.39, 0.29) is 11.5 Å². The Kier molecular flexibility index (Phi) is 5.20. The highest BCUT2D eigenvalue weighted by Gasteiger charge is 2.08. The van der Waals surface area contributed by atoms with Crippen LogP contribution in [0.5, 0.6) is 0 Å². The van der Waals surface area contributed by atoms with Crippen molar-refractivity contribution in [1.29, 1.82) is 0 Å². The maximum Gasteiger partial charge on any atom is 0.291 e. The lowest BCUT2D eigenvalue weighted by Crippen LogP contribution is -2.18. The largest absolute Gasteiger partial charge is 0.291 e. The molecule has 0 saturated heterocycles. The molecule has 3 rings (SSSR count). The van der Waals surface area contributed by atoms with Crippen molar-refractivity contribution in [1.82, 2.24) is 15.2 Å². The average Bonchev–Trinajstić information content (AvgIpc) is 3.06. The molecule has 1 heterocycles. The first kappa shape index (κ1) is 16.9. The highest BCUT2D eigenvalue weighted by atomic mass is 35.5. The van der Waals surface area contributed by atoms with Crippen LogP contribution >= 0.6 is 11.6 Å². The number of rotatable bonds is 5. The molecule has 1 N–H and O–H groups in total.